The Morgan fingerprint density at radius 3 is 1.29 bits per heavy atom. The van der Waals surface area contributed by atoms with E-state index in [1.54, 1.807) is 31.3 Å². The summed E-state index contributed by atoms with van der Waals surface area (Å²) < 4.78 is 5.82. The number of aryl methyl sites for hydroxylation is 6. The Bertz CT molecular complexity index is 2550. The lowest BCUT2D eigenvalue weighted by Crippen LogP contribution is -2.32. The highest BCUT2D eigenvalue weighted by Crippen LogP contribution is 2.60. The summed E-state index contributed by atoms with van der Waals surface area (Å²) in [6.45, 7) is 43.5. The number of aromatic hydroxyl groups is 1. The summed E-state index contributed by atoms with van der Waals surface area (Å²) in [5, 5.41) is 11.5. The van der Waals surface area contributed by atoms with Gasteiger partial charge < -0.3 is 9.84 Å². The van der Waals surface area contributed by atoms with Crippen molar-refractivity contribution in [1.29, 1.82) is 0 Å². The molecule has 0 spiro atoms. The van der Waals surface area contributed by atoms with Gasteiger partial charge in [0.05, 0.1) is 0 Å². The maximum Gasteiger partial charge on any atom is 0.160 e. The van der Waals surface area contributed by atoms with Crippen LogP contribution in [0.3, 0.4) is 0 Å². The first-order valence-electron chi connectivity index (χ1n) is 24.4. The van der Waals surface area contributed by atoms with E-state index in [1.165, 1.54) is 38.9 Å². The Morgan fingerprint density at radius 1 is 0.536 bits per heavy atom. The van der Waals surface area contributed by atoms with Gasteiger partial charge >= 0.3 is 0 Å². The molecule has 69 heavy (non-hydrogen) atoms. The number of Topliss-reactive ketones (excluding diaryl/α,β-unsaturated/α-hetero) is 2. The Labute approximate surface area is 424 Å². The molecule has 0 aliphatic rings. The third-order valence-corrected chi connectivity index (χ3v) is 15.7. The lowest BCUT2D eigenvalue weighted by atomic mass is 9.82. The van der Waals surface area contributed by atoms with Gasteiger partial charge in [0.1, 0.15) is 17.2 Å². The first-order valence-corrected chi connectivity index (χ1v) is 26.1. The van der Waals surface area contributed by atoms with Gasteiger partial charge in [-0.15, -0.1) is 0 Å². The molecule has 4 nitrogen and oxygen atoms in total. The zero-order valence-corrected chi connectivity index (χ0v) is 47.3. The smallest absolute Gasteiger partial charge is 0.160 e. The molecule has 0 unspecified atom stereocenters. The van der Waals surface area contributed by atoms with Gasteiger partial charge in [0, 0.05) is 16.1 Å². The van der Waals surface area contributed by atoms with Crippen LogP contribution in [0, 0.1) is 41.5 Å². The normalized spacial score (nSPS) is 11.4. The first-order chi connectivity index (χ1) is 31.9. The molecule has 6 aromatic carbocycles. The summed E-state index contributed by atoms with van der Waals surface area (Å²) in [6.07, 6.45) is 0. The van der Waals surface area contributed by atoms with E-state index in [1.807, 2.05) is 102 Å². The molecule has 0 saturated carbocycles. The van der Waals surface area contributed by atoms with Crippen molar-refractivity contribution >= 4 is 36.4 Å². The largest absolute Gasteiger partial charge is 0.508 e. The molecule has 0 bridgehead atoms. The Morgan fingerprint density at radius 2 is 0.928 bits per heavy atom. The fourth-order valence-corrected chi connectivity index (χ4v) is 13.6. The zero-order valence-electron chi connectivity index (χ0n) is 45.6. The van der Waals surface area contributed by atoms with E-state index < -0.39 is 0 Å². The topological polar surface area (TPSA) is 63.6 Å². The summed E-state index contributed by atoms with van der Waals surface area (Å²) >= 11 is 5.82. The quantitative estimate of drug-likeness (QED) is 0.116. The Balaban J connectivity index is 0.000000273. The van der Waals surface area contributed by atoms with Crippen LogP contribution >= 0.6 is 19.5 Å². The van der Waals surface area contributed by atoms with E-state index >= 15 is 0 Å². The number of ether oxygens (including phenoxy) is 1. The number of carbonyl (C=O) groups is 2. The highest BCUT2D eigenvalue weighted by Gasteiger charge is 2.37. The second-order valence-electron chi connectivity index (χ2n) is 21.4. The molecule has 0 atom stereocenters. The van der Waals surface area contributed by atoms with Gasteiger partial charge in [0.2, 0.25) is 0 Å². The molecule has 0 aliphatic heterocycles. The van der Waals surface area contributed by atoms with Crippen LogP contribution in [-0.4, -0.2) is 27.0 Å². The van der Waals surface area contributed by atoms with E-state index in [0.29, 0.717) is 28.5 Å². The zero-order chi connectivity index (χ0) is 52.3. The second-order valence-corrected chi connectivity index (χ2v) is 25.7. The number of halogens is 1. The number of carbonyl (C=O) groups excluding carboxylic acids is 2. The van der Waals surface area contributed by atoms with Crippen molar-refractivity contribution in [2.75, 3.05) is 0 Å². The number of hydrogen-bond donors (Lipinski definition) is 1. The average Bonchev–Trinajstić information content (AvgIpc) is 3.21. The number of phenols is 1. The van der Waals surface area contributed by atoms with Crippen LogP contribution < -0.4 is 10.0 Å². The molecule has 0 aliphatic carbocycles. The van der Waals surface area contributed by atoms with Crippen LogP contribution in [0.25, 0.3) is 11.1 Å². The Kier molecular flexibility index (Phi) is 21.3. The van der Waals surface area contributed by atoms with Crippen molar-refractivity contribution < 1.29 is 19.4 Å². The highest BCUT2D eigenvalue weighted by atomic mass is 35.5. The molecule has 6 aromatic rings. The average molecular weight is 970 g/mol. The molecule has 0 heterocycles. The SMILES string of the molecule is CC(=O)c1c(C)cc(Cl)cc1C.CC(=O)c1c(C)cc(Oc2ccc(C)cc2)cc1C.CC(C)c1cc(C(C)C)c(-c2ccccc2P(C(C)(C)C)C(C)(C)C)c(C(C)C)c1.Cc1ccc(O)cc1. The van der Waals surface area contributed by atoms with Gasteiger partial charge in [-0.2, -0.15) is 0 Å². The van der Waals surface area contributed by atoms with Crippen LogP contribution in [0.2, 0.25) is 5.02 Å². The van der Waals surface area contributed by atoms with E-state index in [4.69, 9.17) is 21.4 Å². The second kappa shape index (κ2) is 25.2. The van der Waals surface area contributed by atoms with Gasteiger partial charge in [-0.05, 0) is 187 Å². The minimum atomic E-state index is -0.366. The number of ketones is 2. The maximum atomic E-state index is 11.6. The van der Waals surface area contributed by atoms with Crippen LogP contribution in [0.1, 0.15) is 185 Å². The van der Waals surface area contributed by atoms with Gasteiger partial charge in [0.25, 0.3) is 0 Å². The molecule has 6 rings (SSSR count). The highest BCUT2D eigenvalue weighted by molar-refractivity contribution is 7.68. The fourth-order valence-electron chi connectivity index (χ4n) is 9.17. The third-order valence-electron chi connectivity index (χ3n) is 11.9. The maximum absolute atomic E-state index is 11.6. The minimum Gasteiger partial charge on any atom is -0.508 e. The molecular weight excluding hydrogens is 887 g/mol. The van der Waals surface area contributed by atoms with E-state index in [9.17, 15) is 9.59 Å². The number of hydrogen-bond acceptors (Lipinski definition) is 4. The van der Waals surface area contributed by atoms with Gasteiger partial charge in [-0.3, -0.25) is 9.59 Å². The van der Waals surface area contributed by atoms with Gasteiger partial charge in [0.15, 0.2) is 11.6 Å². The predicted octanol–water partition coefficient (Wildman–Crippen LogP) is 18.9. The minimum absolute atomic E-state index is 0.0943. The molecule has 0 amide bonds. The van der Waals surface area contributed by atoms with E-state index in [0.717, 1.165) is 44.9 Å². The van der Waals surface area contributed by atoms with Crippen molar-refractivity contribution in [2.45, 2.75) is 167 Å². The van der Waals surface area contributed by atoms with E-state index in [2.05, 4.69) is 119 Å². The number of phenolic OH excluding ortho intramolecular Hbond substituents is 1. The summed E-state index contributed by atoms with van der Waals surface area (Å²) in [5.74, 6) is 3.64. The molecule has 1 N–H and O–H groups in total. The first kappa shape index (κ1) is 58.3. The monoisotopic (exact) mass is 969 g/mol. The van der Waals surface area contributed by atoms with Crippen LogP contribution in [0.5, 0.6) is 17.2 Å². The number of rotatable bonds is 9. The molecule has 6 heteroatoms. The molecule has 0 saturated heterocycles. The summed E-state index contributed by atoms with van der Waals surface area (Å²) in [4.78, 5) is 22.7. The predicted molar refractivity (Wildman–Crippen MR) is 301 cm³/mol. The Hall–Kier alpha value is -5.02. The van der Waals surface area contributed by atoms with Crippen molar-refractivity contribution in [1.82, 2.24) is 0 Å². The van der Waals surface area contributed by atoms with Crippen molar-refractivity contribution in [3.63, 3.8) is 0 Å². The molecule has 0 fully saturated rings. The lowest BCUT2D eigenvalue weighted by Gasteiger charge is -2.43. The van der Waals surface area contributed by atoms with Gasteiger partial charge in [-0.25, -0.2) is 0 Å². The van der Waals surface area contributed by atoms with E-state index in [-0.39, 0.29) is 29.8 Å². The van der Waals surface area contributed by atoms with Crippen LogP contribution in [0.15, 0.2) is 109 Å². The summed E-state index contributed by atoms with van der Waals surface area (Å²) in [7, 11) is -0.366. The van der Waals surface area contributed by atoms with Gasteiger partial charge in [-0.1, -0.05) is 174 Å². The van der Waals surface area contributed by atoms with Crippen LogP contribution in [-0.2, 0) is 0 Å². The van der Waals surface area contributed by atoms with Crippen molar-refractivity contribution in [3.8, 4) is 28.4 Å². The summed E-state index contributed by atoms with van der Waals surface area (Å²) in [5.41, 5.74) is 15.2. The summed E-state index contributed by atoms with van der Waals surface area (Å²) in [6, 6.07) is 36.7. The van der Waals surface area contributed by atoms with Crippen molar-refractivity contribution in [2.24, 2.45) is 0 Å². The molecule has 0 aromatic heterocycles. The van der Waals surface area contributed by atoms with Crippen LogP contribution in [0.4, 0.5) is 0 Å². The number of benzene rings is 6. The standard InChI is InChI=1S/C29H45P.C17H18O2.C10H11ClO.C7H8O/c1-19(2)22-17-24(20(3)4)27(25(18-22)21(5)6)23-15-13-14-16-26(23)30(28(7,8)9)29(10,11)12;1-11-5-7-15(8-6-11)19-16-9-12(2)17(14(4)18)13(3)10-16;1-6-4-9(11)5-7(2)10(6)8(3)12;1-6-2-4-7(8)5-3-6/h13-21H,1-12H3;5-10H,1-4H3;4-5H,1-3H3;2-5,8H,1H3. The lowest BCUT2D eigenvalue weighted by molar-refractivity contribution is 0.100. The third kappa shape index (κ3) is 16.8. The molecular formula is C63H82ClO4P. The molecule has 370 valence electrons. The fraction of sp³-hybridized carbons (Fsp3) is 0.397. The van der Waals surface area contributed by atoms with Crippen molar-refractivity contribution in [3.05, 3.63) is 175 Å². The molecule has 0 radical (unpaired) electrons.